The molecule has 4 aromatic carbocycles. The smallest absolute Gasteiger partial charge is 0.262 e. The summed E-state index contributed by atoms with van der Waals surface area (Å²) in [5, 5.41) is 0.939. The monoisotopic (exact) mass is 466 g/mol. The molecule has 4 rings (SSSR count). The van der Waals surface area contributed by atoms with Crippen molar-refractivity contribution in [1.82, 2.24) is 0 Å². The van der Waals surface area contributed by atoms with Crippen molar-refractivity contribution in [2.45, 2.75) is 23.6 Å². The van der Waals surface area contributed by atoms with Gasteiger partial charge in [-0.05, 0) is 54.6 Å². The van der Waals surface area contributed by atoms with Crippen molar-refractivity contribution in [2.75, 3.05) is 9.44 Å². The summed E-state index contributed by atoms with van der Waals surface area (Å²) in [6.45, 7) is 3.59. The number of anilines is 2. The molecule has 0 unspecified atom stereocenters. The Kier molecular flexibility index (Phi) is 5.66. The number of hydrogen-bond acceptors (Lipinski definition) is 4. The molecule has 164 valence electrons. The highest BCUT2D eigenvalue weighted by molar-refractivity contribution is 7.93. The fraction of sp³-hybridized carbons (Fsp3) is 0.0833. The van der Waals surface area contributed by atoms with Gasteiger partial charge in [0.1, 0.15) is 0 Å². The number of para-hydroxylation sites is 2. The zero-order valence-corrected chi connectivity index (χ0v) is 19.2. The summed E-state index contributed by atoms with van der Waals surface area (Å²) in [5.41, 5.74) is 2.38. The first kappa shape index (κ1) is 21.9. The van der Waals surface area contributed by atoms with Crippen LogP contribution in [0.25, 0.3) is 10.8 Å². The van der Waals surface area contributed by atoms with Gasteiger partial charge >= 0.3 is 0 Å². The molecule has 0 aliphatic heterocycles. The lowest BCUT2D eigenvalue weighted by Crippen LogP contribution is -2.17. The molecule has 0 spiro atoms. The van der Waals surface area contributed by atoms with Crippen LogP contribution >= 0.6 is 0 Å². The Hall–Kier alpha value is -3.36. The molecule has 0 saturated carbocycles. The minimum atomic E-state index is -4.07. The average Bonchev–Trinajstić information content (AvgIpc) is 2.76. The molecule has 0 aliphatic carbocycles. The fourth-order valence-corrected chi connectivity index (χ4v) is 6.06. The Balaban J connectivity index is 1.85. The standard InChI is InChI=1S/C24H22N2O4S2/c1-17-9-3-7-13-22(17)25-31(27,28)20-15-19-11-5-6-12-21(19)24(16-20)32(29,30)26-23-14-8-4-10-18(23)2/h3-16,25-26H,1-2H3. The largest absolute Gasteiger partial charge is 0.279 e. The van der Waals surface area contributed by atoms with Crippen molar-refractivity contribution in [2.24, 2.45) is 0 Å². The van der Waals surface area contributed by atoms with Gasteiger partial charge in [-0.1, -0.05) is 60.7 Å². The number of nitrogens with one attached hydrogen (secondary N) is 2. The number of hydrogen-bond donors (Lipinski definition) is 2. The molecule has 4 aromatic rings. The SMILES string of the molecule is Cc1ccccc1NS(=O)(=O)c1cc(S(=O)(=O)Nc2ccccc2C)c2ccccc2c1. The highest BCUT2D eigenvalue weighted by atomic mass is 32.2. The van der Waals surface area contributed by atoms with Gasteiger partial charge in [-0.25, -0.2) is 16.8 Å². The third kappa shape index (κ3) is 4.32. The first-order valence-corrected chi connectivity index (χ1v) is 12.8. The molecule has 2 N–H and O–H groups in total. The van der Waals surface area contributed by atoms with Gasteiger partial charge in [0.15, 0.2) is 0 Å². The van der Waals surface area contributed by atoms with Gasteiger partial charge in [-0.2, -0.15) is 0 Å². The van der Waals surface area contributed by atoms with Crippen LogP contribution < -0.4 is 9.44 Å². The molecular formula is C24H22N2O4S2. The Morgan fingerprint density at radius 1 is 0.594 bits per heavy atom. The molecule has 0 aliphatic rings. The molecule has 0 aromatic heterocycles. The first-order valence-electron chi connectivity index (χ1n) is 9.87. The molecule has 0 amide bonds. The van der Waals surface area contributed by atoms with Crippen LogP contribution in [0.1, 0.15) is 11.1 Å². The predicted molar refractivity (Wildman–Crippen MR) is 128 cm³/mol. The fourth-order valence-electron chi connectivity index (χ4n) is 3.40. The minimum Gasteiger partial charge on any atom is -0.279 e. The highest BCUT2D eigenvalue weighted by Gasteiger charge is 2.24. The zero-order chi connectivity index (χ0) is 22.9. The van der Waals surface area contributed by atoms with Crippen LogP contribution in [-0.2, 0) is 20.0 Å². The summed E-state index contributed by atoms with van der Waals surface area (Å²) in [6.07, 6.45) is 0. The maximum absolute atomic E-state index is 13.3. The molecule has 0 bridgehead atoms. The number of rotatable bonds is 6. The van der Waals surface area contributed by atoms with Crippen molar-refractivity contribution >= 4 is 42.2 Å². The van der Waals surface area contributed by atoms with Crippen molar-refractivity contribution in [3.63, 3.8) is 0 Å². The summed E-state index contributed by atoms with van der Waals surface area (Å²) >= 11 is 0. The van der Waals surface area contributed by atoms with Gasteiger partial charge in [0, 0.05) is 5.39 Å². The van der Waals surface area contributed by atoms with Gasteiger partial charge in [-0.3, -0.25) is 9.44 Å². The third-order valence-corrected chi connectivity index (χ3v) is 7.93. The summed E-state index contributed by atoms with van der Waals surface area (Å²) in [4.78, 5) is -0.242. The Morgan fingerprint density at radius 3 is 1.69 bits per heavy atom. The van der Waals surface area contributed by atoms with Crippen LogP contribution in [-0.4, -0.2) is 16.8 Å². The van der Waals surface area contributed by atoms with Crippen molar-refractivity contribution in [1.29, 1.82) is 0 Å². The van der Waals surface area contributed by atoms with E-state index in [0.29, 0.717) is 22.1 Å². The van der Waals surface area contributed by atoms with Crippen molar-refractivity contribution in [3.05, 3.63) is 96.1 Å². The lowest BCUT2D eigenvalue weighted by atomic mass is 10.1. The molecule has 6 nitrogen and oxygen atoms in total. The molecule has 32 heavy (non-hydrogen) atoms. The second-order valence-corrected chi connectivity index (χ2v) is 10.8. The second kappa shape index (κ2) is 8.29. The summed E-state index contributed by atoms with van der Waals surface area (Å²) in [7, 11) is -8.10. The van der Waals surface area contributed by atoms with E-state index in [1.165, 1.54) is 12.1 Å². The zero-order valence-electron chi connectivity index (χ0n) is 17.5. The van der Waals surface area contributed by atoms with Crippen molar-refractivity contribution < 1.29 is 16.8 Å². The Bertz CT molecular complexity index is 1530. The van der Waals surface area contributed by atoms with Gasteiger partial charge in [0.2, 0.25) is 0 Å². The summed E-state index contributed by atoms with van der Waals surface area (Å²) in [5.74, 6) is 0. The maximum Gasteiger partial charge on any atom is 0.262 e. The van der Waals surface area contributed by atoms with E-state index in [4.69, 9.17) is 0 Å². The molecule has 0 radical (unpaired) electrons. The molecule has 0 atom stereocenters. The maximum atomic E-state index is 13.3. The van der Waals surface area contributed by atoms with Gasteiger partial charge < -0.3 is 0 Å². The number of fused-ring (bicyclic) bond motifs is 1. The van der Waals surface area contributed by atoms with Gasteiger partial charge in [0.05, 0.1) is 21.2 Å². The van der Waals surface area contributed by atoms with E-state index in [-0.39, 0.29) is 9.79 Å². The predicted octanol–water partition coefficient (Wildman–Crippen LogP) is 5.06. The summed E-state index contributed by atoms with van der Waals surface area (Å²) < 4.78 is 58.1. The van der Waals surface area contributed by atoms with Crippen LogP contribution in [0, 0.1) is 13.8 Å². The Labute approximate surface area is 188 Å². The number of aryl methyl sites for hydroxylation is 2. The quantitative estimate of drug-likeness (QED) is 0.416. The highest BCUT2D eigenvalue weighted by Crippen LogP contribution is 2.30. The van der Waals surface area contributed by atoms with Crippen LogP contribution in [0.3, 0.4) is 0 Å². The van der Waals surface area contributed by atoms with Crippen LogP contribution in [0.15, 0.2) is 94.7 Å². The molecule has 0 fully saturated rings. The minimum absolute atomic E-state index is 0.107. The van der Waals surface area contributed by atoms with E-state index in [2.05, 4.69) is 9.44 Å². The second-order valence-electron chi connectivity index (χ2n) is 7.48. The Morgan fingerprint density at radius 2 is 1.09 bits per heavy atom. The summed E-state index contributed by atoms with van der Waals surface area (Å²) in [6, 6.07) is 23.5. The lowest BCUT2D eigenvalue weighted by Gasteiger charge is -2.15. The topological polar surface area (TPSA) is 92.3 Å². The van der Waals surface area contributed by atoms with E-state index >= 15 is 0 Å². The third-order valence-electron chi connectivity index (χ3n) is 5.18. The van der Waals surface area contributed by atoms with Crippen LogP contribution in [0.5, 0.6) is 0 Å². The van der Waals surface area contributed by atoms with E-state index in [1.54, 1.807) is 74.5 Å². The average molecular weight is 467 g/mol. The van der Waals surface area contributed by atoms with E-state index < -0.39 is 20.0 Å². The van der Waals surface area contributed by atoms with Gasteiger partial charge in [-0.15, -0.1) is 0 Å². The normalized spacial score (nSPS) is 11.9. The van der Waals surface area contributed by atoms with Crippen LogP contribution in [0.4, 0.5) is 11.4 Å². The van der Waals surface area contributed by atoms with Crippen molar-refractivity contribution in [3.8, 4) is 0 Å². The first-order chi connectivity index (χ1) is 15.2. The molecule has 0 heterocycles. The van der Waals surface area contributed by atoms with E-state index in [1.807, 2.05) is 12.1 Å². The molecule has 8 heteroatoms. The van der Waals surface area contributed by atoms with E-state index in [0.717, 1.165) is 11.1 Å². The van der Waals surface area contributed by atoms with Crippen LogP contribution in [0.2, 0.25) is 0 Å². The molecule has 0 saturated heterocycles. The van der Waals surface area contributed by atoms with E-state index in [9.17, 15) is 16.8 Å². The lowest BCUT2D eigenvalue weighted by molar-refractivity contribution is 0.600. The number of benzene rings is 4. The molecular weight excluding hydrogens is 444 g/mol. The number of sulfonamides is 2. The van der Waals surface area contributed by atoms with Gasteiger partial charge in [0.25, 0.3) is 20.0 Å².